The summed E-state index contributed by atoms with van der Waals surface area (Å²) in [4.78, 5) is 11.7. The van der Waals surface area contributed by atoms with Gasteiger partial charge in [-0.1, -0.05) is 17.7 Å². The highest BCUT2D eigenvalue weighted by atomic mass is 35.5. The molecule has 2 aromatic carbocycles. The zero-order chi connectivity index (χ0) is 20.7. The molecule has 0 aromatic heterocycles. The van der Waals surface area contributed by atoms with Crippen LogP contribution in [0.5, 0.6) is 0 Å². The number of alkyl halides is 3. The average Bonchev–Trinajstić information content (AvgIpc) is 2.59. The van der Waals surface area contributed by atoms with Crippen molar-refractivity contribution < 1.29 is 30.8 Å². The van der Waals surface area contributed by atoms with Gasteiger partial charge >= 0.3 is 6.18 Å². The Hall–Kier alpha value is -2.13. The normalized spacial score (nSPS) is 19.8. The number of hydrogen-bond donors (Lipinski definition) is 1. The van der Waals surface area contributed by atoms with Crippen LogP contribution < -0.4 is 5.32 Å². The number of rotatable bonds is 4. The van der Waals surface area contributed by atoms with Gasteiger partial charge in [-0.2, -0.15) is 13.2 Å². The van der Waals surface area contributed by atoms with Crippen LogP contribution >= 0.6 is 11.6 Å². The van der Waals surface area contributed by atoms with Gasteiger partial charge in [0, 0.05) is 11.6 Å². The van der Waals surface area contributed by atoms with Gasteiger partial charge in [-0.05, 0) is 49.2 Å². The summed E-state index contributed by atoms with van der Waals surface area (Å²) in [5.74, 6) is -1.21. The molecule has 150 valence electrons. The Bertz CT molecular complexity index is 1020. The second-order valence-electron chi connectivity index (χ2n) is 6.46. The van der Waals surface area contributed by atoms with Crippen LogP contribution in [0.2, 0.25) is 5.02 Å². The lowest BCUT2D eigenvalue weighted by Gasteiger charge is -2.35. The Morgan fingerprint density at radius 3 is 2.39 bits per heavy atom. The van der Waals surface area contributed by atoms with Gasteiger partial charge in [0.1, 0.15) is 5.82 Å². The van der Waals surface area contributed by atoms with Crippen molar-refractivity contribution in [1.82, 2.24) is 5.32 Å². The third kappa shape index (κ3) is 4.15. The highest BCUT2D eigenvalue weighted by molar-refractivity contribution is 7.92. The average molecular weight is 436 g/mol. The maximum Gasteiger partial charge on any atom is 0.416 e. The van der Waals surface area contributed by atoms with E-state index in [-0.39, 0.29) is 23.4 Å². The fourth-order valence-corrected chi connectivity index (χ4v) is 4.98. The molecule has 0 saturated heterocycles. The first-order chi connectivity index (χ1) is 13.0. The molecule has 1 amide bonds. The Balaban J connectivity index is 1.65. The molecule has 0 spiro atoms. The molecule has 3 rings (SSSR count). The lowest BCUT2D eigenvalue weighted by molar-refractivity contribution is -0.137. The van der Waals surface area contributed by atoms with Gasteiger partial charge in [0.05, 0.1) is 20.7 Å². The van der Waals surface area contributed by atoms with Gasteiger partial charge in [0.25, 0.3) is 5.91 Å². The van der Waals surface area contributed by atoms with Gasteiger partial charge in [-0.25, -0.2) is 12.8 Å². The van der Waals surface area contributed by atoms with E-state index in [9.17, 15) is 30.8 Å². The predicted molar refractivity (Wildman–Crippen MR) is 94.3 cm³/mol. The molecule has 0 heterocycles. The lowest BCUT2D eigenvalue weighted by Crippen LogP contribution is -2.49. The van der Waals surface area contributed by atoms with E-state index in [2.05, 4.69) is 5.32 Å². The number of halogens is 5. The van der Waals surface area contributed by atoms with E-state index >= 15 is 0 Å². The number of carbonyl (C=O) groups is 1. The topological polar surface area (TPSA) is 63.2 Å². The Labute approximate surface area is 163 Å². The van der Waals surface area contributed by atoms with E-state index in [1.807, 2.05) is 0 Å². The maximum absolute atomic E-state index is 13.1. The molecule has 1 fully saturated rings. The molecule has 28 heavy (non-hydrogen) atoms. The number of sulfone groups is 1. The van der Waals surface area contributed by atoms with Crippen LogP contribution in [-0.4, -0.2) is 25.6 Å². The molecule has 1 N–H and O–H groups in total. The summed E-state index contributed by atoms with van der Waals surface area (Å²) in [7, 11) is -3.95. The largest absolute Gasteiger partial charge is 0.416 e. The van der Waals surface area contributed by atoms with Gasteiger partial charge < -0.3 is 5.32 Å². The van der Waals surface area contributed by atoms with Crippen LogP contribution in [0.1, 0.15) is 28.8 Å². The van der Waals surface area contributed by atoms with Crippen molar-refractivity contribution in [3.8, 4) is 0 Å². The number of carbonyl (C=O) groups excluding carboxylic acids is 1. The minimum atomic E-state index is -4.64. The highest BCUT2D eigenvalue weighted by Crippen LogP contribution is 2.35. The fourth-order valence-electron chi connectivity index (χ4n) is 2.88. The molecule has 0 bridgehead atoms. The number of hydrogen-bond acceptors (Lipinski definition) is 3. The molecule has 4 nitrogen and oxygen atoms in total. The standard InChI is InChI=1S/C18H14ClF4NO3S/c19-15-6-10(4-5-16(15)20)17(25)24-12-8-14(9-12)28(26,27)13-3-1-2-11(7-13)18(21,22)23/h1-7,12,14H,8-9H2,(H,24,25)/t12-,14-. The minimum Gasteiger partial charge on any atom is -0.349 e. The van der Waals surface area contributed by atoms with Gasteiger partial charge in [-0.15, -0.1) is 0 Å². The first-order valence-corrected chi connectivity index (χ1v) is 10.1. The van der Waals surface area contributed by atoms with Crippen LogP contribution in [0, 0.1) is 5.82 Å². The third-order valence-corrected chi connectivity index (χ3v) is 7.00. The Morgan fingerprint density at radius 2 is 1.79 bits per heavy atom. The first-order valence-electron chi connectivity index (χ1n) is 8.15. The molecule has 0 aliphatic heterocycles. The Kier molecular flexibility index (Phi) is 5.42. The molecule has 0 radical (unpaired) electrons. The molecule has 1 aliphatic carbocycles. The smallest absolute Gasteiger partial charge is 0.349 e. The molecule has 0 unspecified atom stereocenters. The zero-order valence-corrected chi connectivity index (χ0v) is 15.7. The number of benzene rings is 2. The van der Waals surface area contributed by atoms with E-state index < -0.39 is 49.5 Å². The summed E-state index contributed by atoms with van der Waals surface area (Å²) in [5, 5.41) is 1.50. The molecule has 1 saturated carbocycles. The maximum atomic E-state index is 13.1. The van der Waals surface area contributed by atoms with E-state index in [1.54, 1.807) is 0 Å². The van der Waals surface area contributed by atoms with Crippen LogP contribution in [0.3, 0.4) is 0 Å². The van der Waals surface area contributed by atoms with Crippen molar-refractivity contribution in [3.63, 3.8) is 0 Å². The quantitative estimate of drug-likeness (QED) is 0.731. The van der Waals surface area contributed by atoms with Gasteiger partial charge in [-0.3, -0.25) is 4.79 Å². The number of nitrogens with one attached hydrogen (secondary N) is 1. The number of amides is 1. The molecule has 2 aromatic rings. The summed E-state index contributed by atoms with van der Waals surface area (Å²) in [6.07, 6.45) is -4.50. The molecular weight excluding hydrogens is 422 g/mol. The molecule has 1 aliphatic rings. The van der Waals surface area contributed by atoms with E-state index in [4.69, 9.17) is 11.6 Å². The fraction of sp³-hybridized carbons (Fsp3) is 0.278. The van der Waals surface area contributed by atoms with Crippen LogP contribution in [0.4, 0.5) is 17.6 Å². The van der Waals surface area contributed by atoms with Crippen molar-refractivity contribution in [3.05, 3.63) is 64.4 Å². The summed E-state index contributed by atoms with van der Waals surface area (Å²) in [6, 6.07) is 6.57. The monoisotopic (exact) mass is 435 g/mol. The van der Waals surface area contributed by atoms with Gasteiger partial charge in [0.15, 0.2) is 9.84 Å². The minimum absolute atomic E-state index is 0.0687. The molecule has 10 heteroatoms. The summed E-state index contributed by atoms with van der Waals surface area (Å²) in [5.41, 5.74) is -0.915. The third-order valence-electron chi connectivity index (χ3n) is 4.54. The van der Waals surface area contributed by atoms with Crippen molar-refractivity contribution >= 4 is 27.3 Å². The molecular formula is C18H14ClF4NO3S. The highest BCUT2D eigenvalue weighted by Gasteiger charge is 2.41. The van der Waals surface area contributed by atoms with Crippen molar-refractivity contribution in [1.29, 1.82) is 0 Å². The summed E-state index contributed by atoms with van der Waals surface area (Å²) < 4.78 is 76.6. The van der Waals surface area contributed by atoms with Crippen molar-refractivity contribution in [2.45, 2.75) is 35.2 Å². The van der Waals surface area contributed by atoms with Crippen molar-refractivity contribution in [2.24, 2.45) is 0 Å². The zero-order valence-electron chi connectivity index (χ0n) is 14.1. The molecule has 0 atom stereocenters. The SMILES string of the molecule is O=C(N[C@H]1C[C@H](S(=O)(=O)c2cccc(C(F)(F)F)c2)C1)c1ccc(F)c(Cl)c1. The van der Waals surface area contributed by atoms with Gasteiger partial charge in [0.2, 0.25) is 0 Å². The van der Waals surface area contributed by atoms with Crippen LogP contribution in [-0.2, 0) is 16.0 Å². The Morgan fingerprint density at radius 1 is 1.11 bits per heavy atom. The van der Waals surface area contributed by atoms with Crippen LogP contribution in [0.25, 0.3) is 0 Å². The second-order valence-corrected chi connectivity index (χ2v) is 9.10. The lowest BCUT2D eigenvalue weighted by atomic mass is 9.92. The van der Waals surface area contributed by atoms with E-state index in [0.717, 1.165) is 30.3 Å². The first kappa shape index (κ1) is 20.6. The van der Waals surface area contributed by atoms with Crippen molar-refractivity contribution in [2.75, 3.05) is 0 Å². The predicted octanol–water partition coefficient (Wildman–Crippen LogP) is 4.23. The van der Waals surface area contributed by atoms with Crippen LogP contribution in [0.15, 0.2) is 47.4 Å². The summed E-state index contributed by atoms with van der Waals surface area (Å²) >= 11 is 5.62. The van der Waals surface area contributed by atoms with E-state index in [0.29, 0.717) is 6.07 Å². The summed E-state index contributed by atoms with van der Waals surface area (Å²) in [6.45, 7) is 0. The van der Waals surface area contributed by atoms with E-state index in [1.165, 1.54) is 6.07 Å². The second kappa shape index (κ2) is 7.36.